The number of nitrogens with zero attached hydrogens (tertiary/aromatic N) is 6. The van der Waals surface area contributed by atoms with Gasteiger partial charge in [0.1, 0.15) is 13.2 Å². The van der Waals surface area contributed by atoms with Gasteiger partial charge in [0.2, 0.25) is 11.7 Å². The molecule has 0 fully saturated rings. The van der Waals surface area contributed by atoms with Crippen LogP contribution in [-0.4, -0.2) is 41.0 Å². The zero-order chi connectivity index (χ0) is 22.9. The largest absolute Gasteiger partial charge is 0.470 e. The third-order valence-electron chi connectivity index (χ3n) is 4.69. The van der Waals surface area contributed by atoms with E-state index in [9.17, 15) is 9.90 Å². The number of ether oxygens (including phenoxy) is 1. The van der Waals surface area contributed by atoms with Gasteiger partial charge in [0.15, 0.2) is 17.1 Å². The molecule has 1 amide bonds. The van der Waals surface area contributed by atoms with Crippen molar-refractivity contribution in [1.82, 2.24) is 35.4 Å². The van der Waals surface area contributed by atoms with E-state index in [0.717, 1.165) is 5.56 Å². The number of aliphatic hydroxyl groups is 1. The van der Waals surface area contributed by atoms with Gasteiger partial charge in [-0.1, -0.05) is 25.9 Å². The highest BCUT2D eigenvalue weighted by Crippen LogP contribution is 2.32. The van der Waals surface area contributed by atoms with Crippen LogP contribution in [0.1, 0.15) is 48.1 Å². The summed E-state index contributed by atoms with van der Waals surface area (Å²) in [4.78, 5) is 15.8. The molecular formula is C20H22N8O4. The monoisotopic (exact) mass is 438 g/mol. The van der Waals surface area contributed by atoms with Gasteiger partial charge in [-0.3, -0.25) is 15.2 Å². The quantitative estimate of drug-likeness (QED) is 0.226. The molecule has 0 atom stereocenters. The van der Waals surface area contributed by atoms with Crippen molar-refractivity contribution in [1.29, 1.82) is 0 Å². The van der Waals surface area contributed by atoms with E-state index >= 15 is 0 Å². The topological polar surface area (TPSA) is 167 Å². The lowest BCUT2D eigenvalue weighted by Gasteiger charge is -2.21. The van der Waals surface area contributed by atoms with Crippen LogP contribution in [-0.2, 0) is 18.6 Å². The number of nitrogen functional groups attached to an aromatic ring is 1. The second-order valence-corrected chi connectivity index (χ2v) is 8.04. The van der Waals surface area contributed by atoms with E-state index in [1.54, 1.807) is 18.2 Å². The fourth-order valence-corrected chi connectivity index (χ4v) is 2.98. The van der Waals surface area contributed by atoms with E-state index in [0.29, 0.717) is 40.1 Å². The average Bonchev–Trinajstić information content (AvgIpc) is 3.42. The average molecular weight is 438 g/mol. The van der Waals surface area contributed by atoms with E-state index in [4.69, 9.17) is 15.1 Å². The standard InChI is InChI=1S/C20H22N8O4/c1-20(2,3)14-7-16-24-25-17(15-6-13(9-29)32-27-15)28(16)26-19(14)31-10-12-5-4-11(8-22-12)18(30)23-21/h4-8,29H,9-10,21H2,1-3H3,(H,23,30). The van der Waals surface area contributed by atoms with E-state index in [1.165, 1.54) is 10.7 Å². The number of hydrazine groups is 1. The number of fused-ring (bicyclic) bond motifs is 1. The van der Waals surface area contributed by atoms with E-state index < -0.39 is 5.91 Å². The van der Waals surface area contributed by atoms with Gasteiger partial charge in [0.05, 0.1) is 11.3 Å². The Hall–Kier alpha value is -3.90. The molecule has 4 heterocycles. The first kappa shape index (κ1) is 21.3. The molecule has 32 heavy (non-hydrogen) atoms. The summed E-state index contributed by atoms with van der Waals surface area (Å²) >= 11 is 0. The molecule has 0 aliphatic carbocycles. The second-order valence-electron chi connectivity index (χ2n) is 8.04. The summed E-state index contributed by atoms with van der Waals surface area (Å²) in [6, 6.07) is 6.71. The summed E-state index contributed by atoms with van der Waals surface area (Å²) in [5.74, 6) is 5.74. The Kier molecular flexibility index (Phi) is 5.55. The molecule has 0 saturated heterocycles. The van der Waals surface area contributed by atoms with Crippen LogP contribution >= 0.6 is 0 Å². The first-order valence-electron chi connectivity index (χ1n) is 9.72. The summed E-state index contributed by atoms with van der Waals surface area (Å²) in [5.41, 5.74) is 4.46. The molecule has 0 radical (unpaired) electrons. The van der Waals surface area contributed by atoms with Crippen molar-refractivity contribution in [2.24, 2.45) is 5.84 Å². The highest BCUT2D eigenvalue weighted by atomic mass is 16.5. The molecule has 0 aliphatic heterocycles. The van der Waals surface area contributed by atoms with Crippen LogP contribution in [0, 0.1) is 0 Å². The molecule has 0 unspecified atom stereocenters. The number of rotatable bonds is 6. The Balaban J connectivity index is 1.68. The first-order valence-corrected chi connectivity index (χ1v) is 9.72. The van der Waals surface area contributed by atoms with Gasteiger partial charge in [-0.15, -0.1) is 15.3 Å². The van der Waals surface area contributed by atoms with Crippen molar-refractivity contribution in [2.45, 2.75) is 39.4 Å². The second kappa shape index (κ2) is 8.32. The number of hydrogen-bond acceptors (Lipinski definition) is 10. The lowest BCUT2D eigenvalue weighted by molar-refractivity contribution is 0.0953. The fourth-order valence-electron chi connectivity index (χ4n) is 2.98. The normalized spacial score (nSPS) is 11.7. The molecule has 12 nitrogen and oxygen atoms in total. The highest BCUT2D eigenvalue weighted by Gasteiger charge is 2.24. The number of aliphatic hydroxyl groups excluding tert-OH is 1. The van der Waals surface area contributed by atoms with Crippen LogP contribution in [0.4, 0.5) is 0 Å². The van der Waals surface area contributed by atoms with Crippen molar-refractivity contribution >= 4 is 11.6 Å². The molecule has 0 saturated carbocycles. The Morgan fingerprint density at radius 3 is 2.72 bits per heavy atom. The van der Waals surface area contributed by atoms with E-state index in [2.05, 4.69) is 30.9 Å². The Morgan fingerprint density at radius 2 is 2.09 bits per heavy atom. The summed E-state index contributed by atoms with van der Waals surface area (Å²) < 4.78 is 12.6. The summed E-state index contributed by atoms with van der Waals surface area (Å²) in [6.07, 6.45) is 1.42. The van der Waals surface area contributed by atoms with Gasteiger partial charge in [-0.2, -0.15) is 4.52 Å². The smallest absolute Gasteiger partial charge is 0.266 e. The predicted molar refractivity (Wildman–Crippen MR) is 111 cm³/mol. The molecule has 4 aromatic rings. The predicted octanol–water partition coefficient (Wildman–Crippen LogP) is 1.15. The van der Waals surface area contributed by atoms with E-state index in [1.807, 2.05) is 26.8 Å². The first-order chi connectivity index (χ1) is 15.3. The maximum Gasteiger partial charge on any atom is 0.266 e. The van der Waals surface area contributed by atoms with Crippen LogP contribution in [0.25, 0.3) is 17.2 Å². The molecule has 0 aliphatic rings. The lowest BCUT2D eigenvalue weighted by atomic mass is 9.88. The van der Waals surface area contributed by atoms with Gasteiger partial charge < -0.3 is 14.4 Å². The molecule has 4 N–H and O–H groups in total. The van der Waals surface area contributed by atoms with Gasteiger partial charge in [0, 0.05) is 17.8 Å². The number of pyridine rings is 1. The van der Waals surface area contributed by atoms with E-state index in [-0.39, 0.29) is 18.6 Å². The fraction of sp³-hybridized carbons (Fsp3) is 0.300. The Morgan fingerprint density at radius 1 is 1.28 bits per heavy atom. The van der Waals surface area contributed by atoms with Crippen LogP contribution in [0.15, 0.2) is 35.0 Å². The molecule has 166 valence electrons. The third kappa shape index (κ3) is 4.13. The van der Waals surface area contributed by atoms with Crippen molar-refractivity contribution in [3.63, 3.8) is 0 Å². The zero-order valence-electron chi connectivity index (χ0n) is 17.7. The minimum atomic E-state index is -0.426. The minimum Gasteiger partial charge on any atom is -0.470 e. The number of hydrogen-bond donors (Lipinski definition) is 3. The molecule has 4 rings (SSSR count). The number of carbonyl (C=O) groups is 1. The molecule has 12 heteroatoms. The molecule has 0 spiro atoms. The zero-order valence-corrected chi connectivity index (χ0v) is 17.7. The maximum absolute atomic E-state index is 11.6. The van der Waals surface area contributed by atoms with Gasteiger partial charge in [-0.25, -0.2) is 5.84 Å². The highest BCUT2D eigenvalue weighted by molar-refractivity contribution is 5.93. The van der Waals surface area contributed by atoms with Crippen molar-refractivity contribution in [3.05, 3.63) is 53.0 Å². The molecular weight excluding hydrogens is 416 g/mol. The van der Waals surface area contributed by atoms with Gasteiger partial charge in [-0.05, 0) is 23.6 Å². The Labute approximate surface area is 182 Å². The van der Waals surface area contributed by atoms with Crippen LogP contribution < -0.4 is 16.0 Å². The van der Waals surface area contributed by atoms with Crippen molar-refractivity contribution in [3.8, 4) is 17.4 Å². The number of aromatic nitrogens is 6. The molecule has 0 bridgehead atoms. The summed E-state index contributed by atoms with van der Waals surface area (Å²) in [5, 5.41) is 26.1. The number of nitrogens with two attached hydrogens (primary N) is 1. The van der Waals surface area contributed by atoms with Gasteiger partial charge in [0.25, 0.3) is 5.91 Å². The van der Waals surface area contributed by atoms with Crippen LogP contribution in [0.2, 0.25) is 0 Å². The summed E-state index contributed by atoms with van der Waals surface area (Å²) in [6.45, 7) is 5.96. The molecule has 4 aromatic heterocycles. The number of amides is 1. The lowest BCUT2D eigenvalue weighted by Crippen LogP contribution is -2.30. The molecule has 0 aromatic carbocycles. The van der Waals surface area contributed by atoms with Crippen LogP contribution in [0.5, 0.6) is 5.88 Å². The summed E-state index contributed by atoms with van der Waals surface area (Å²) in [7, 11) is 0. The van der Waals surface area contributed by atoms with Crippen LogP contribution in [0.3, 0.4) is 0 Å². The third-order valence-corrected chi connectivity index (χ3v) is 4.69. The van der Waals surface area contributed by atoms with Crippen molar-refractivity contribution < 1.29 is 19.2 Å². The number of carbonyl (C=O) groups excluding carboxylic acids is 1. The van der Waals surface area contributed by atoms with Crippen molar-refractivity contribution in [2.75, 3.05) is 0 Å². The SMILES string of the molecule is CC(C)(C)c1cc2nnc(-c3cc(CO)on3)n2nc1OCc1ccc(C(=O)NN)cn1. The maximum atomic E-state index is 11.6. The van der Waals surface area contributed by atoms with Gasteiger partial charge >= 0.3 is 0 Å². The minimum absolute atomic E-state index is 0.127. The Bertz CT molecular complexity index is 1260. The number of nitrogens with one attached hydrogen (secondary N) is 1.